The summed E-state index contributed by atoms with van der Waals surface area (Å²) in [6.07, 6.45) is 0.799. The van der Waals surface area contributed by atoms with E-state index < -0.39 is 23.2 Å². The number of carbonyl (C=O) groups is 1. The van der Waals surface area contributed by atoms with Gasteiger partial charge in [-0.15, -0.1) is 0 Å². The summed E-state index contributed by atoms with van der Waals surface area (Å²) in [5, 5.41) is 9.15. The number of rotatable bonds is 5. The summed E-state index contributed by atoms with van der Waals surface area (Å²) in [5.41, 5.74) is -1.56. The van der Waals surface area contributed by atoms with Crippen LogP contribution in [0.4, 0.5) is 13.2 Å². The normalized spacial score (nSPS) is 12.3. The molecule has 0 aliphatic carbocycles. The lowest BCUT2D eigenvalue weighted by Gasteiger charge is -2.15. The van der Waals surface area contributed by atoms with E-state index in [1.165, 1.54) is 12.1 Å². The lowest BCUT2D eigenvalue weighted by molar-refractivity contribution is -0.137. The van der Waals surface area contributed by atoms with Crippen LogP contribution in [-0.2, 0) is 6.18 Å². The van der Waals surface area contributed by atoms with Gasteiger partial charge in [-0.2, -0.15) is 13.2 Å². The second kappa shape index (κ2) is 7.78. The average molecular weight is 343 g/mol. The predicted molar refractivity (Wildman–Crippen MR) is 84.7 cm³/mol. The first-order chi connectivity index (χ1) is 10.7. The van der Waals surface area contributed by atoms with Crippen LogP contribution in [0.25, 0.3) is 0 Å². The van der Waals surface area contributed by atoms with Crippen molar-refractivity contribution < 1.29 is 18.0 Å². The quantitative estimate of drug-likeness (QED) is 0.588. The van der Waals surface area contributed by atoms with Crippen LogP contribution in [0.5, 0.6) is 0 Å². The smallest absolute Gasteiger partial charge is 0.321 e. The maximum absolute atomic E-state index is 13.0. The minimum atomic E-state index is -4.72. The molecule has 0 saturated heterocycles. The minimum absolute atomic E-state index is 0.108. The van der Waals surface area contributed by atoms with E-state index in [9.17, 15) is 18.0 Å². The van der Waals surface area contributed by atoms with Crippen molar-refractivity contribution in [2.45, 2.75) is 13.1 Å². The highest BCUT2D eigenvalue weighted by atomic mass is 35.5. The Kier molecular flexibility index (Phi) is 6.33. The van der Waals surface area contributed by atoms with Gasteiger partial charge in [0, 0.05) is 17.5 Å². The van der Waals surface area contributed by atoms with Gasteiger partial charge in [-0.25, -0.2) is 0 Å². The van der Waals surface area contributed by atoms with E-state index in [2.05, 4.69) is 11.9 Å². The van der Waals surface area contributed by atoms with E-state index in [0.29, 0.717) is 0 Å². The molecule has 2 N–H and O–H groups in total. The molecule has 23 heavy (non-hydrogen) atoms. The molecule has 0 heterocycles. The third-order valence-electron chi connectivity index (χ3n) is 2.77. The van der Waals surface area contributed by atoms with Gasteiger partial charge < -0.3 is 10.7 Å². The summed E-state index contributed by atoms with van der Waals surface area (Å²) in [5.74, 6) is -1.03. The van der Waals surface area contributed by atoms with Crippen molar-refractivity contribution in [3.63, 3.8) is 0 Å². The van der Waals surface area contributed by atoms with E-state index in [4.69, 9.17) is 17.0 Å². The molecule has 0 radical (unpaired) electrons. The van der Waals surface area contributed by atoms with E-state index in [-0.39, 0.29) is 16.3 Å². The fourth-order valence-electron chi connectivity index (χ4n) is 1.68. The first-order valence-corrected chi connectivity index (χ1v) is 6.80. The molecule has 0 saturated carbocycles. The first kappa shape index (κ1) is 18.7. The highest BCUT2D eigenvalue weighted by Gasteiger charge is 2.36. The van der Waals surface area contributed by atoms with Crippen LogP contribution in [0.2, 0.25) is 5.02 Å². The third-order valence-corrected chi connectivity index (χ3v) is 3.08. The van der Waals surface area contributed by atoms with Crippen molar-refractivity contribution in [1.82, 2.24) is 5.32 Å². The van der Waals surface area contributed by atoms with E-state index >= 15 is 0 Å². The zero-order chi connectivity index (χ0) is 17.6. The van der Waals surface area contributed by atoms with Gasteiger partial charge in [0.25, 0.3) is 5.91 Å². The van der Waals surface area contributed by atoms with Crippen molar-refractivity contribution >= 4 is 23.7 Å². The molecule has 0 spiro atoms. The van der Waals surface area contributed by atoms with Gasteiger partial charge in [0.1, 0.15) is 0 Å². The summed E-state index contributed by atoms with van der Waals surface area (Å²) in [6.45, 7) is 5.27. The Morgan fingerprint density at radius 3 is 2.57 bits per heavy atom. The second-order valence-corrected chi connectivity index (χ2v) is 4.80. The lowest BCUT2D eigenvalue weighted by atomic mass is 10.1. The number of alkyl halides is 3. The van der Waals surface area contributed by atoms with Crippen LogP contribution < -0.4 is 5.32 Å². The average Bonchev–Trinajstić information content (AvgIpc) is 2.49. The number of hydrogen-bond acceptors (Lipinski definition) is 2. The van der Waals surface area contributed by atoms with Gasteiger partial charge in [0.05, 0.1) is 16.1 Å². The molecule has 1 rings (SSSR count). The molecule has 0 bridgehead atoms. The fraction of sp³-hybridized carbons (Fsp3) is 0.125. The van der Waals surface area contributed by atoms with Crippen LogP contribution in [0, 0.1) is 5.41 Å². The van der Waals surface area contributed by atoms with Gasteiger partial charge in [-0.05, 0) is 25.1 Å². The van der Waals surface area contributed by atoms with E-state index in [0.717, 1.165) is 18.3 Å². The largest absolute Gasteiger partial charge is 0.417 e. The van der Waals surface area contributed by atoms with Gasteiger partial charge in [0.2, 0.25) is 0 Å². The molecule has 1 aromatic rings. The van der Waals surface area contributed by atoms with Gasteiger partial charge >= 0.3 is 6.18 Å². The Morgan fingerprint density at radius 2 is 2.04 bits per heavy atom. The summed E-state index contributed by atoms with van der Waals surface area (Å²) < 4.78 is 39.1. The van der Waals surface area contributed by atoms with E-state index in [1.54, 1.807) is 19.1 Å². The molecule has 122 valence electrons. The molecular formula is C16H14ClF3N2O. The Labute approximate surface area is 136 Å². The number of halogens is 4. The fourth-order valence-corrected chi connectivity index (χ4v) is 1.94. The standard InChI is InChI=1S/C16H14ClF3N2O/c1-3-4-8-13(10(2)9-21)22-15(23)14-11(16(18,19)20)6-5-7-12(14)17/h3-9,21H,2H2,1H3,(H,22,23)/b4-3-,13-8+,21-9?. The van der Waals surface area contributed by atoms with Crippen LogP contribution in [-0.4, -0.2) is 12.1 Å². The van der Waals surface area contributed by atoms with Gasteiger partial charge in [-0.1, -0.05) is 36.4 Å². The zero-order valence-corrected chi connectivity index (χ0v) is 12.9. The zero-order valence-electron chi connectivity index (χ0n) is 12.2. The van der Waals surface area contributed by atoms with E-state index in [1.807, 2.05) is 0 Å². The van der Waals surface area contributed by atoms with Gasteiger partial charge in [-0.3, -0.25) is 4.79 Å². The number of carbonyl (C=O) groups excluding carboxylic acids is 1. The molecule has 0 aromatic heterocycles. The molecular weight excluding hydrogens is 329 g/mol. The summed E-state index contributed by atoms with van der Waals surface area (Å²) in [6, 6.07) is 3.10. The van der Waals surface area contributed by atoms with Crippen LogP contribution in [0.3, 0.4) is 0 Å². The van der Waals surface area contributed by atoms with Gasteiger partial charge in [0.15, 0.2) is 0 Å². The molecule has 0 atom stereocenters. The van der Waals surface area contributed by atoms with Crippen molar-refractivity contribution in [3.8, 4) is 0 Å². The number of hydrogen-bond donors (Lipinski definition) is 2. The maximum atomic E-state index is 13.0. The molecule has 0 aliphatic rings. The van der Waals surface area contributed by atoms with Crippen LogP contribution in [0.1, 0.15) is 22.8 Å². The van der Waals surface area contributed by atoms with Crippen molar-refractivity contribution in [2.24, 2.45) is 0 Å². The summed E-state index contributed by atoms with van der Waals surface area (Å²) in [7, 11) is 0. The number of nitrogens with one attached hydrogen (secondary N) is 2. The Hall–Kier alpha value is -2.34. The van der Waals surface area contributed by atoms with Crippen molar-refractivity contribution in [3.05, 3.63) is 70.4 Å². The Balaban J connectivity index is 3.30. The first-order valence-electron chi connectivity index (χ1n) is 6.42. The molecule has 3 nitrogen and oxygen atoms in total. The maximum Gasteiger partial charge on any atom is 0.417 e. The Morgan fingerprint density at radius 1 is 1.39 bits per heavy atom. The monoisotopic (exact) mass is 342 g/mol. The molecule has 7 heteroatoms. The SMILES string of the molecule is C=C(C=N)/C(=C\C=C/C)NC(=O)c1c(Cl)cccc1C(F)(F)F. The molecule has 0 fully saturated rings. The van der Waals surface area contributed by atoms with Crippen molar-refractivity contribution in [1.29, 1.82) is 5.41 Å². The number of amides is 1. The number of allylic oxidation sites excluding steroid dienone is 4. The summed E-state index contributed by atoms with van der Waals surface area (Å²) in [4.78, 5) is 12.3. The molecule has 0 unspecified atom stereocenters. The predicted octanol–water partition coefficient (Wildman–Crippen LogP) is 4.75. The molecule has 1 amide bonds. The molecule has 1 aromatic carbocycles. The number of benzene rings is 1. The van der Waals surface area contributed by atoms with Crippen LogP contribution in [0.15, 0.2) is 54.3 Å². The minimum Gasteiger partial charge on any atom is -0.321 e. The topological polar surface area (TPSA) is 53.0 Å². The second-order valence-electron chi connectivity index (χ2n) is 4.39. The van der Waals surface area contributed by atoms with Crippen molar-refractivity contribution in [2.75, 3.05) is 0 Å². The highest BCUT2D eigenvalue weighted by molar-refractivity contribution is 6.34. The summed E-state index contributed by atoms with van der Waals surface area (Å²) >= 11 is 5.77. The highest BCUT2D eigenvalue weighted by Crippen LogP contribution is 2.35. The molecule has 0 aliphatic heterocycles. The van der Waals surface area contributed by atoms with Crippen LogP contribution >= 0.6 is 11.6 Å². The third kappa shape index (κ3) is 4.82. The lowest BCUT2D eigenvalue weighted by Crippen LogP contribution is -2.27. The Bertz CT molecular complexity index is 691.